The average Bonchev–Trinajstić information content (AvgIpc) is 2.95. The zero-order valence-corrected chi connectivity index (χ0v) is 15.8. The highest BCUT2D eigenvalue weighted by Crippen LogP contribution is 2.23. The van der Waals surface area contributed by atoms with Crippen molar-refractivity contribution in [3.05, 3.63) is 59.3 Å². The highest BCUT2D eigenvalue weighted by molar-refractivity contribution is 5.97. The number of hydrogen-bond donors (Lipinski definition) is 2. The first-order valence-electron chi connectivity index (χ1n) is 8.53. The Morgan fingerprint density at radius 2 is 1.79 bits per heavy atom. The van der Waals surface area contributed by atoms with Crippen molar-refractivity contribution in [1.29, 1.82) is 0 Å². The topological polar surface area (TPSA) is 125 Å². The number of nitrogens with one attached hydrogen (secondary N) is 1. The van der Waals surface area contributed by atoms with Gasteiger partial charge in [0, 0.05) is 12.4 Å². The fraction of sp³-hybridized carbons (Fsp3) is 0.211. The van der Waals surface area contributed by atoms with E-state index in [0.29, 0.717) is 11.4 Å². The Kier molecular flexibility index (Phi) is 5.35. The standard InChI is InChI=1S/C19H20N6O3/c1-11-4-6-14(7-5-11)25-13(3)16(12(2)24-25)23-15(26)10-28-19(27)17-18(20)22-9-8-21-17/h4-9H,10H2,1-3H3,(H2,20,22)(H,23,26). The van der Waals surface area contributed by atoms with Gasteiger partial charge in [0.05, 0.1) is 22.8 Å². The number of anilines is 2. The Bertz CT molecular complexity index is 1030. The summed E-state index contributed by atoms with van der Waals surface area (Å²) in [6.07, 6.45) is 2.68. The first-order chi connectivity index (χ1) is 13.4. The van der Waals surface area contributed by atoms with E-state index in [1.807, 2.05) is 38.1 Å². The summed E-state index contributed by atoms with van der Waals surface area (Å²) in [6.45, 7) is 5.16. The third-order valence-corrected chi connectivity index (χ3v) is 4.09. The van der Waals surface area contributed by atoms with Crippen molar-refractivity contribution in [3.63, 3.8) is 0 Å². The van der Waals surface area contributed by atoms with E-state index in [1.165, 1.54) is 12.4 Å². The average molecular weight is 380 g/mol. The number of ether oxygens (including phenoxy) is 1. The van der Waals surface area contributed by atoms with E-state index in [2.05, 4.69) is 20.4 Å². The number of rotatable bonds is 5. The van der Waals surface area contributed by atoms with Crippen molar-refractivity contribution in [2.75, 3.05) is 17.7 Å². The zero-order valence-electron chi connectivity index (χ0n) is 15.8. The summed E-state index contributed by atoms with van der Waals surface area (Å²) in [4.78, 5) is 31.8. The lowest BCUT2D eigenvalue weighted by Gasteiger charge is -2.08. The number of carbonyl (C=O) groups excluding carboxylic acids is 2. The second-order valence-corrected chi connectivity index (χ2v) is 6.21. The normalized spacial score (nSPS) is 10.5. The van der Waals surface area contributed by atoms with Crippen LogP contribution in [0, 0.1) is 20.8 Å². The molecule has 0 aliphatic heterocycles. The minimum atomic E-state index is -0.815. The van der Waals surface area contributed by atoms with Crippen LogP contribution in [0.15, 0.2) is 36.7 Å². The molecule has 0 aliphatic rings. The van der Waals surface area contributed by atoms with Gasteiger partial charge in [0.15, 0.2) is 18.1 Å². The minimum Gasteiger partial charge on any atom is -0.451 e. The molecule has 144 valence electrons. The Morgan fingerprint density at radius 1 is 1.11 bits per heavy atom. The minimum absolute atomic E-state index is 0.0565. The van der Waals surface area contributed by atoms with E-state index in [0.717, 1.165) is 16.9 Å². The van der Waals surface area contributed by atoms with E-state index >= 15 is 0 Å². The van der Waals surface area contributed by atoms with Crippen molar-refractivity contribution in [1.82, 2.24) is 19.7 Å². The van der Waals surface area contributed by atoms with Gasteiger partial charge in [-0.25, -0.2) is 19.4 Å². The van der Waals surface area contributed by atoms with Gasteiger partial charge in [0.2, 0.25) is 0 Å². The molecule has 2 aromatic heterocycles. The molecule has 3 N–H and O–H groups in total. The first-order valence-corrected chi connectivity index (χ1v) is 8.53. The fourth-order valence-electron chi connectivity index (χ4n) is 2.64. The molecular weight excluding hydrogens is 360 g/mol. The molecule has 9 nitrogen and oxygen atoms in total. The molecule has 9 heteroatoms. The van der Waals surface area contributed by atoms with Crippen LogP contribution in [0.3, 0.4) is 0 Å². The number of aryl methyl sites for hydroxylation is 2. The van der Waals surface area contributed by atoms with Crippen molar-refractivity contribution >= 4 is 23.4 Å². The highest BCUT2D eigenvalue weighted by atomic mass is 16.5. The third-order valence-electron chi connectivity index (χ3n) is 4.09. The summed E-state index contributed by atoms with van der Waals surface area (Å²) < 4.78 is 6.71. The Hall–Kier alpha value is -3.75. The van der Waals surface area contributed by atoms with Crippen LogP contribution in [0.5, 0.6) is 0 Å². The molecule has 2 heterocycles. The molecule has 1 aromatic carbocycles. The summed E-state index contributed by atoms with van der Waals surface area (Å²) in [5.41, 5.74) is 9.45. The summed E-state index contributed by atoms with van der Waals surface area (Å²) in [7, 11) is 0. The number of amides is 1. The summed E-state index contributed by atoms with van der Waals surface area (Å²) in [5.74, 6) is -1.37. The van der Waals surface area contributed by atoms with Crippen LogP contribution in [0.25, 0.3) is 5.69 Å². The molecule has 3 aromatic rings. The van der Waals surface area contributed by atoms with Crippen LogP contribution in [0.1, 0.15) is 27.4 Å². The van der Waals surface area contributed by atoms with Gasteiger partial charge >= 0.3 is 5.97 Å². The van der Waals surface area contributed by atoms with E-state index in [4.69, 9.17) is 10.5 Å². The highest BCUT2D eigenvalue weighted by Gasteiger charge is 2.18. The van der Waals surface area contributed by atoms with Crippen LogP contribution in [-0.2, 0) is 9.53 Å². The van der Waals surface area contributed by atoms with Gasteiger partial charge in [-0.15, -0.1) is 0 Å². The molecule has 0 radical (unpaired) electrons. The van der Waals surface area contributed by atoms with Crippen molar-refractivity contribution in [3.8, 4) is 5.69 Å². The van der Waals surface area contributed by atoms with Crippen molar-refractivity contribution < 1.29 is 14.3 Å². The molecule has 0 saturated heterocycles. The molecule has 0 fully saturated rings. The molecule has 0 aliphatic carbocycles. The molecular formula is C19H20N6O3. The number of esters is 1. The van der Waals surface area contributed by atoms with Gasteiger partial charge in [-0.05, 0) is 32.9 Å². The molecule has 0 unspecified atom stereocenters. The van der Waals surface area contributed by atoms with Crippen LogP contribution in [0.2, 0.25) is 0 Å². The van der Waals surface area contributed by atoms with Gasteiger partial charge in [-0.3, -0.25) is 4.79 Å². The van der Waals surface area contributed by atoms with Gasteiger partial charge < -0.3 is 15.8 Å². The molecule has 28 heavy (non-hydrogen) atoms. The second kappa shape index (κ2) is 7.87. The molecule has 1 amide bonds. The lowest BCUT2D eigenvalue weighted by Crippen LogP contribution is -2.22. The largest absolute Gasteiger partial charge is 0.451 e. The van der Waals surface area contributed by atoms with E-state index in [9.17, 15) is 9.59 Å². The summed E-state index contributed by atoms with van der Waals surface area (Å²) >= 11 is 0. The molecule has 0 bridgehead atoms. The van der Waals surface area contributed by atoms with Crippen LogP contribution < -0.4 is 11.1 Å². The maximum Gasteiger partial charge on any atom is 0.361 e. The lowest BCUT2D eigenvalue weighted by atomic mass is 10.2. The monoisotopic (exact) mass is 380 g/mol. The maximum absolute atomic E-state index is 12.2. The third kappa shape index (κ3) is 3.98. The fourth-order valence-corrected chi connectivity index (χ4v) is 2.64. The van der Waals surface area contributed by atoms with E-state index < -0.39 is 18.5 Å². The number of carbonyl (C=O) groups is 2. The van der Waals surface area contributed by atoms with Crippen LogP contribution in [0.4, 0.5) is 11.5 Å². The van der Waals surface area contributed by atoms with Gasteiger partial charge in [-0.1, -0.05) is 17.7 Å². The van der Waals surface area contributed by atoms with Crippen molar-refractivity contribution in [2.45, 2.75) is 20.8 Å². The Balaban J connectivity index is 1.68. The van der Waals surface area contributed by atoms with Gasteiger partial charge in [0.25, 0.3) is 5.91 Å². The summed E-state index contributed by atoms with van der Waals surface area (Å²) in [6, 6.07) is 7.88. The number of nitrogens with zero attached hydrogens (tertiary/aromatic N) is 4. The number of benzene rings is 1. The number of hydrogen-bond acceptors (Lipinski definition) is 7. The SMILES string of the molecule is Cc1ccc(-n2nc(C)c(NC(=O)COC(=O)c3nccnc3N)c2C)cc1. The predicted octanol–water partition coefficient (Wildman–Crippen LogP) is 1.97. The van der Waals surface area contributed by atoms with E-state index in [1.54, 1.807) is 11.6 Å². The second-order valence-electron chi connectivity index (χ2n) is 6.21. The molecule has 0 atom stereocenters. The number of nitrogens with two attached hydrogens (primary N) is 1. The lowest BCUT2D eigenvalue weighted by molar-refractivity contribution is -0.119. The number of nitrogen functional groups attached to an aromatic ring is 1. The Morgan fingerprint density at radius 3 is 2.46 bits per heavy atom. The maximum atomic E-state index is 12.2. The number of aromatic nitrogens is 4. The predicted molar refractivity (Wildman–Crippen MR) is 103 cm³/mol. The quantitative estimate of drug-likeness (QED) is 0.648. The molecule has 3 rings (SSSR count). The zero-order chi connectivity index (χ0) is 20.3. The van der Waals surface area contributed by atoms with Crippen LogP contribution >= 0.6 is 0 Å². The van der Waals surface area contributed by atoms with Crippen molar-refractivity contribution in [2.24, 2.45) is 0 Å². The summed E-state index contributed by atoms with van der Waals surface area (Å²) in [5, 5.41) is 7.21. The first kappa shape index (κ1) is 19.0. The van der Waals surface area contributed by atoms with Gasteiger partial charge in [-0.2, -0.15) is 5.10 Å². The smallest absolute Gasteiger partial charge is 0.361 e. The van der Waals surface area contributed by atoms with E-state index in [-0.39, 0.29) is 11.5 Å². The Labute approximate surface area is 161 Å². The van der Waals surface area contributed by atoms with Crippen LogP contribution in [-0.4, -0.2) is 38.2 Å². The van der Waals surface area contributed by atoms with Gasteiger partial charge in [0.1, 0.15) is 0 Å². The molecule has 0 spiro atoms. The molecule has 0 saturated carbocycles.